The van der Waals surface area contributed by atoms with Gasteiger partial charge in [0.05, 0.1) is 27.7 Å². The summed E-state index contributed by atoms with van der Waals surface area (Å²) in [6.45, 7) is 4.34. The van der Waals surface area contributed by atoms with E-state index in [1.54, 1.807) is 27.2 Å². The van der Waals surface area contributed by atoms with E-state index in [1.165, 1.54) is 22.2 Å². The fourth-order valence-electron chi connectivity index (χ4n) is 5.60. The molecule has 2 aromatic heterocycles. The Morgan fingerprint density at radius 1 is 0.833 bits per heavy atom. The molecule has 0 atom stereocenters. The number of thiocarbonyl (C=S) groups is 1. The van der Waals surface area contributed by atoms with Gasteiger partial charge < -0.3 is 4.74 Å². The Morgan fingerprint density at radius 2 is 1.48 bits per heavy atom. The number of aromatic nitrogens is 4. The summed E-state index contributed by atoms with van der Waals surface area (Å²) >= 11 is 6.88. The van der Waals surface area contributed by atoms with E-state index in [4.69, 9.17) is 22.1 Å². The summed E-state index contributed by atoms with van der Waals surface area (Å²) in [5.74, 6) is 0.387. The summed E-state index contributed by atoms with van der Waals surface area (Å²) in [5.41, 5.74) is 6.72. The third kappa shape index (κ3) is 5.92. The van der Waals surface area contributed by atoms with Gasteiger partial charge in [-0.3, -0.25) is 19.2 Å². The maximum absolute atomic E-state index is 14.0. The van der Waals surface area contributed by atoms with Crippen LogP contribution in [0.3, 0.4) is 0 Å². The molecule has 3 heterocycles. The maximum atomic E-state index is 14.0. The second-order valence-electron chi connectivity index (χ2n) is 11.4. The summed E-state index contributed by atoms with van der Waals surface area (Å²) < 4.78 is 11.4. The van der Waals surface area contributed by atoms with Crippen molar-refractivity contribution in [1.82, 2.24) is 19.1 Å². The van der Waals surface area contributed by atoms with Gasteiger partial charge in [-0.05, 0) is 74.0 Å². The molecule has 7 rings (SSSR count). The lowest BCUT2D eigenvalue weighted by atomic mass is 10.1. The van der Waals surface area contributed by atoms with Crippen molar-refractivity contribution in [3.8, 4) is 28.4 Å². The molecule has 1 aliphatic rings. The third-order valence-corrected chi connectivity index (χ3v) is 9.55. The number of hydrogen-bond donors (Lipinski definition) is 0. The van der Waals surface area contributed by atoms with E-state index in [0.29, 0.717) is 32.9 Å². The van der Waals surface area contributed by atoms with Gasteiger partial charge in [0.25, 0.3) is 11.5 Å². The zero-order chi connectivity index (χ0) is 33.4. The predicted molar refractivity (Wildman–Crippen MR) is 196 cm³/mol. The van der Waals surface area contributed by atoms with E-state index in [-0.39, 0.29) is 17.2 Å². The van der Waals surface area contributed by atoms with E-state index < -0.39 is 0 Å². The Bertz CT molecular complexity index is 2230. The highest BCUT2D eigenvalue weighted by Gasteiger charge is 2.38. The fourth-order valence-corrected chi connectivity index (χ4v) is 6.87. The molecular weight excluding hydrogens is 639 g/mol. The first-order chi connectivity index (χ1) is 23.3. The number of aryl methyl sites for hydroxylation is 1. The topological polar surface area (TPSA) is 74.3 Å². The fraction of sp³-hybridized carbons (Fsp3) is 0.105. The van der Waals surface area contributed by atoms with E-state index in [2.05, 4.69) is 31.2 Å². The summed E-state index contributed by atoms with van der Waals surface area (Å²) in [4.78, 5) is 29.5. The van der Waals surface area contributed by atoms with Crippen LogP contribution in [0.1, 0.15) is 22.4 Å². The highest BCUT2D eigenvalue weighted by Crippen LogP contribution is 2.38. The summed E-state index contributed by atoms with van der Waals surface area (Å²) in [7, 11) is 1.80. The number of thioether (sulfide) groups is 1. The van der Waals surface area contributed by atoms with Gasteiger partial charge >= 0.3 is 0 Å². The number of anilines is 1. The number of hydrogen-bond acceptors (Lipinski definition) is 6. The van der Waals surface area contributed by atoms with Crippen molar-refractivity contribution in [2.24, 2.45) is 7.05 Å². The first kappa shape index (κ1) is 31.2. The zero-order valence-electron chi connectivity index (χ0n) is 26.5. The second-order valence-corrected chi connectivity index (χ2v) is 13.1. The van der Waals surface area contributed by atoms with Crippen LogP contribution in [0.2, 0.25) is 0 Å². The molecule has 8 nitrogen and oxygen atoms in total. The van der Waals surface area contributed by atoms with Gasteiger partial charge in [-0.1, -0.05) is 90.2 Å². The Labute approximate surface area is 287 Å². The number of carbonyl (C=O) groups is 1. The Morgan fingerprint density at radius 3 is 2.15 bits per heavy atom. The van der Waals surface area contributed by atoms with Crippen molar-refractivity contribution >= 4 is 46.0 Å². The number of benzene rings is 4. The molecule has 0 unspecified atom stereocenters. The SMILES string of the molecule is Cc1ccc(COc2ccc(-c3nn(-c4ccccc4)cc3/C=C3\SC(=S)N(c4c(C)n(C)n(-c5ccccc5)c4=O)C3=O)cc2)cc1. The van der Waals surface area contributed by atoms with Crippen molar-refractivity contribution in [2.75, 3.05) is 4.90 Å². The van der Waals surface area contributed by atoms with Gasteiger partial charge in [0.2, 0.25) is 0 Å². The first-order valence-corrected chi connectivity index (χ1v) is 16.6. The maximum Gasteiger partial charge on any atom is 0.296 e. The number of ether oxygens (including phenoxy) is 1. The number of para-hydroxylation sites is 2. The normalized spacial score (nSPS) is 13.9. The smallest absolute Gasteiger partial charge is 0.296 e. The largest absolute Gasteiger partial charge is 0.489 e. The number of nitrogens with zero attached hydrogens (tertiary/aromatic N) is 5. The lowest BCUT2D eigenvalue weighted by Gasteiger charge is -2.12. The lowest BCUT2D eigenvalue weighted by Crippen LogP contribution is -2.33. The van der Waals surface area contributed by atoms with Gasteiger partial charge in [0.15, 0.2) is 4.32 Å². The Hall–Kier alpha value is -5.45. The highest BCUT2D eigenvalue weighted by molar-refractivity contribution is 8.27. The average Bonchev–Trinajstić information content (AvgIpc) is 3.72. The van der Waals surface area contributed by atoms with Crippen molar-refractivity contribution in [3.63, 3.8) is 0 Å². The van der Waals surface area contributed by atoms with Crippen LogP contribution in [0.5, 0.6) is 5.75 Å². The van der Waals surface area contributed by atoms with E-state index in [9.17, 15) is 9.59 Å². The van der Waals surface area contributed by atoms with Gasteiger partial charge in [-0.2, -0.15) is 5.10 Å². The van der Waals surface area contributed by atoms with Crippen molar-refractivity contribution in [2.45, 2.75) is 20.5 Å². The molecule has 0 N–H and O–H groups in total. The molecule has 6 aromatic rings. The molecule has 0 spiro atoms. The van der Waals surface area contributed by atoms with E-state index in [1.807, 2.05) is 98.0 Å². The summed E-state index contributed by atoms with van der Waals surface area (Å²) in [6.07, 6.45) is 3.70. The monoisotopic (exact) mass is 669 g/mol. The van der Waals surface area contributed by atoms with Crippen molar-refractivity contribution < 1.29 is 9.53 Å². The molecule has 0 bridgehead atoms. The minimum absolute atomic E-state index is 0.244. The quantitative estimate of drug-likeness (QED) is 0.123. The molecule has 1 saturated heterocycles. The number of rotatable bonds is 8. The average molecular weight is 670 g/mol. The predicted octanol–water partition coefficient (Wildman–Crippen LogP) is 7.63. The molecule has 1 aliphatic heterocycles. The first-order valence-electron chi connectivity index (χ1n) is 15.3. The second kappa shape index (κ2) is 13.0. The van der Waals surface area contributed by atoms with Crippen LogP contribution in [0.15, 0.2) is 125 Å². The van der Waals surface area contributed by atoms with Crippen LogP contribution in [0.25, 0.3) is 28.7 Å². The van der Waals surface area contributed by atoms with Gasteiger partial charge in [0, 0.05) is 24.4 Å². The van der Waals surface area contributed by atoms with Crippen LogP contribution < -0.4 is 15.2 Å². The molecule has 238 valence electrons. The van der Waals surface area contributed by atoms with E-state index in [0.717, 1.165) is 28.1 Å². The van der Waals surface area contributed by atoms with Gasteiger partial charge in [-0.15, -0.1) is 0 Å². The minimum atomic E-state index is -0.353. The third-order valence-electron chi connectivity index (χ3n) is 8.24. The molecule has 10 heteroatoms. The van der Waals surface area contributed by atoms with Crippen LogP contribution in [-0.2, 0) is 18.4 Å². The van der Waals surface area contributed by atoms with Gasteiger partial charge in [0.1, 0.15) is 18.0 Å². The number of carbonyl (C=O) groups excluding carboxylic acids is 1. The molecule has 0 aliphatic carbocycles. The molecule has 48 heavy (non-hydrogen) atoms. The lowest BCUT2D eigenvalue weighted by molar-refractivity contribution is -0.113. The van der Waals surface area contributed by atoms with Crippen molar-refractivity contribution in [3.05, 3.63) is 153 Å². The minimum Gasteiger partial charge on any atom is -0.489 e. The molecule has 1 amide bonds. The number of amides is 1. The molecular formula is C38H31N5O3S2. The van der Waals surface area contributed by atoms with Crippen molar-refractivity contribution in [1.29, 1.82) is 0 Å². The highest BCUT2D eigenvalue weighted by atomic mass is 32.2. The van der Waals surface area contributed by atoms with Crippen LogP contribution in [0, 0.1) is 13.8 Å². The zero-order valence-corrected chi connectivity index (χ0v) is 28.2. The Balaban J connectivity index is 1.22. The van der Waals surface area contributed by atoms with Crippen LogP contribution >= 0.6 is 24.0 Å². The molecule has 0 saturated carbocycles. The van der Waals surface area contributed by atoms with E-state index >= 15 is 0 Å². The molecule has 4 aromatic carbocycles. The molecule has 1 fully saturated rings. The van der Waals surface area contributed by atoms with Crippen LogP contribution in [-0.4, -0.2) is 29.4 Å². The Kier molecular flexibility index (Phi) is 8.43. The summed E-state index contributed by atoms with van der Waals surface area (Å²) in [6, 6.07) is 35.2. The van der Waals surface area contributed by atoms with Crippen LogP contribution in [0.4, 0.5) is 5.69 Å². The van der Waals surface area contributed by atoms with Gasteiger partial charge in [-0.25, -0.2) is 9.36 Å². The molecule has 0 radical (unpaired) electrons. The summed E-state index contributed by atoms with van der Waals surface area (Å²) in [5, 5.41) is 4.93. The standard InChI is InChI=1S/C38H31N5O3S2/c1-25-14-16-27(17-15-25)24-46-32-20-18-28(19-21-32)34-29(23-41(39-34)30-10-6-4-7-11-30)22-33-36(44)42(38(47)48-33)35-26(2)40(3)43(37(35)45)31-12-8-5-9-13-31/h4-23H,24H2,1-3H3/b33-22-.